The lowest BCUT2D eigenvalue weighted by Crippen LogP contribution is -2.65. The van der Waals surface area contributed by atoms with E-state index in [0.717, 1.165) is 53.0 Å². The fourth-order valence-corrected chi connectivity index (χ4v) is 4.83. The molecular weight excluding hydrogens is 350 g/mol. The van der Waals surface area contributed by atoms with Gasteiger partial charge < -0.3 is 15.0 Å². The van der Waals surface area contributed by atoms with E-state index in [0.29, 0.717) is 13.2 Å². The molecule has 0 atom stereocenters. The minimum Gasteiger partial charge on any atom is -0.376 e. The van der Waals surface area contributed by atoms with Crippen LogP contribution in [-0.4, -0.2) is 34.6 Å². The van der Waals surface area contributed by atoms with Gasteiger partial charge in [0.25, 0.3) is 5.91 Å². The fourth-order valence-electron chi connectivity index (χ4n) is 4.83. The molecular formula is C23H21N3O2. The van der Waals surface area contributed by atoms with E-state index in [1.54, 1.807) is 0 Å². The van der Waals surface area contributed by atoms with Crippen molar-refractivity contribution in [2.75, 3.05) is 13.2 Å². The Labute approximate surface area is 163 Å². The molecule has 5 heteroatoms. The Morgan fingerprint density at radius 2 is 2.07 bits per heavy atom. The molecule has 0 radical (unpaired) electrons. The number of H-pyrrole nitrogens is 1. The van der Waals surface area contributed by atoms with Gasteiger partial charge in [0.1, 0.15) is 0 Å². The molecule has 1 aliphatic carbocycles. The Morgan fingerprint density at radius 3 is 2.86 bits per heavy atom. The second kappa shape index (κ2) is 5.55. The highest BCUT2D eigenvalue weighted by molar-refractivity contribution is 6.01. The van der Waals surface area contributed by atoms with Crippen LogP contribution in [0.15, 0.2) is 36.5 Å². The largest absolute Gasteiger partial charge is 0.376 e. The van der Waals surface area contributed by atoms with Crippen molar-refractivity contribution in [2.45, 2.75) is 31.7 Å². The summed E-state index contributed by atoms with van der Waals surface area (Å²) in [5.41, 5.74) is 9.66. The summed E-state index contributed by atoms with van der Waals surface area (Å²) < 4.78 is 5.37. The third-order valence-electron chi connectivity index (χ3n) is 6.27. The number of carbonyl (C=O) groups is 1. The van der Waals surface area contributed by atoms with Gasteiger partial charge in [0.2, 0.25) is 0 Å². The van der Waals surface area contributed by atoms with Crippen LogP contribution in [0.2, 0.25) is 0 Å². The number of amides is 1. The number of aromatic nitrogens is 2. The number of benzene rings is 1. The highest BCUT2D eigenvalue weighted by Crippen LogP contribution is 2.40. The van der Waals surface area contributed by atoms with Gasteiger partial charge in [-0.25, -0.2) is 0 Å². The maximum Gasteiger partial charge on any atom is 0.254 e. The van der Waals surface area contributed by atoms with E-state index < -0.39 is 0 Å². The molecule has 0 bridgehead atoms. The number of ether oxygens (including phenoxy) is 1. The Kier molecular flexibility index (Phi) is 3.19. The molecule has 140 valence electrons. The standard InChI is InChI=1S/C23H21N3O2/c1-13-3-2-4-14(7-13)18-8-17-15(10-24-18)5-6-16-20-19(25-21(16)17)9-23(11-28-12-23)26-22(20)27/h2-4,7-8,10,25H,5-6,9,11-12H2,1H3,(H,26,27). The molecule has 0 unspecified atom stereocenters. The van der Waals surface area contributed by atoms with Gasteiger partial charge in [-0.1, -0.05) is 23.8 Å². The number of aryl methyl sites for hydroxylation is 2. The lowest BCUT2D eigenvalue weighted by molar-refractivity contribution is -0.0713. The van der Waals surface area contributed by atoms with Crippen molar-refractivity contribution in [3.63, 3.8) is 0 Å². The Hall–Kier alpha value is -2.92. The first kappa shape index (κ1) is 16.1. The predicted octanol–water partition coefficient (Wildman–Crippen LogP) is 3.21. The Morgan fingerprint density at radius 1 is 1.18 bits per heavy atom. The van der Waals surface area contributed by atoms with Crippen molar-refractivity contribution in [1.29, 1.82) is 0 Å². The molecule has 3 aromatic rings. The molecule has 4 heterocycles. The van der Waals surface area contributed by atoms with Crippen molar-refractivity contribution in [3.05, 3.63) is 64.5 Å². The second-order valence-electron chi connectivity index (χ2n) is 8.33. The van der Waals surface area contributed by atoms with E-state index in [1.165, 1.54) is 16.7 Å². The summed E-state index contributed by atoms with van der Waals surface area (Å²) in [5, 5.41) is 3.19. The van der Waals surface area contributed by atoms with Crippen molar-refractivity contribution in [2.24, 2.45) is 0 Å². The van der Waals surface area contributed by atoms with Gasteiger partial charge in [0, 0.05) is 29.4 Å². The van der Waals surface area contributed by atoms with E-state index in [9.17, 15) is 4.79 Å². The van der Waals surface area contributed by atoms with Gasteiger partial charge >= 0.3 is 0 Å². The van der Waals surface area contributed by atoms with Crippen LogP contribution in [0.4, 0.5) is 0 Å². The Bertz CT molecular complexity index is 1140. The van der Waals surface area contributed by atoms with Crippen LogP contribution in [0, 0.1) is 6.92 Å². The van der Waals surface area contributed by atoms with E-state index in [1.807, 2.05) is 6.20 Å². The average Bonchev–Trinajstić information content (AvgIpc) is 3.05. The number of fused-ring (bicyclic) bond motifs is 5. The second-order valence-corrected chi connectivity index (χ2v) is 8.33. The van der Waals surface area contributed by atoms with Crippen LogP contribution in [0.3, 0.4) is 0 Å². The van der Waals surface area contributed by atoms with Gasteiger partial charge in [0.15, 0.2) is 0 Å². The van der Waals surface area contributed by atoms with E-state index in [-0.39, 0.29) is 11.4 Å². The lowest BCUT2D eigenvalue weighted by Gasteiger charge is -2.44. The third-order valence-corrected chi connectivity index (χ3v) is 6.27. The molecule has 1 saturated heterocycles. The van der Waals surface area contributed by atoms with Gasteiger partial charge in [-0.2, -0.15) is 0 Å². The molecule has 0 saturated carbocycles. The number of nitrogens with zero attached hydrogens (tertiary/aromatic N) is 1. The SMILES string of the molecule is Cc1cccc(-c2cc3c(cn2)CCc2c-3[nH]c3c2C(=O)NC2(COC2)C3)c1. The smallest absolute Gasteiger partial charge is 0.254 e. The molecule has 2 N–H and O–H groups in total. The van der Waals surface area contributed by atoms with Crippen LogP contribution in [0.25, 0.3) is 22.5 Å². The quantitative estimate of drug-likeness (QED) is 0.690. The molecule has 2 aliphatic heterocycles. The number of hydrogen-bond acceptors (Lipinski definition) is 3. The zero-order valence-electron chi connectivity index (χ0n) is 15.8. The molecule has 1 aromatic carbocycles. The predicted molar refractivity (Wildman–Crippen MR) is 106 cm³/mol. The first-order valence-electron chi connectivity index (χ1n) is 9.82. The highest BCUT2D eigenvalue weighted by Gasteiger charge is 2.46. The third kappa shape index (κ3) is 2.23. The molecule has 28 heavy (non-hydrogen) atoms. The summed E-state index contributed by atoms with van der Waals surface area (Å²) in [6.07, 6.45) is 4.59. The average molecular weight is 371 g/mol. The number of hydrogen-bond donors (Lipinski definition) is 2. The molecule has 3 aliphatic rings. The molecule has 5 nitrogen and oxygen atoms in total. The molecule has 1 spiro atoms. The summed E-state index contributed by atoms with van der Waals surface area (Å²) in [6.45, 7) is 3.29. The summed E-state index contributed by atoms with van der Waals surface area (Å²) in [6, 6.07) is 10.6. The number of nitrogens with one attached hydrogen (secondary N) is 2. The molecule has 6 rings (SSSR count). The van der Waals surface area contributed by atoms with E-state index in [4.69, 9.17) is 9.72 Å². The molecule has 1 amide bonds. The van der Waals surface area contributed by atoms with Crippen molar-refractivity contribution in [1.82, 2.24) is 15.3 Å². The molecule has 2 aromatic heterocycles. The number of rotatable bonds is 1. The summed E-state index contributed by atoms with van der Waals surface area (Å²) >= 11 is 0. The monoisotopic (exact) mass is 371 g/mol. The summed E-state index contributed by atoms with van der Waals surface area (Å²) in [4.78, 5) is 21.2. The van der Waals surface area contributed by atoms with Crippen molar-refractivity contribution < 1.29 is 9.53 Å². The van der Waals surface area contributed by atoms with Gasteiger partial charge in [-0.05, 0) is 43.0 Å². The van der Waals surface area contributed by atoms with Gasteiger partial charge in [0.05, 0.1) is 35.7 Å². The van der Waals surface area contributed by atoms with Gasteiger partial charge in [-0.3, -0.25) is 9.78 Å². The highest BCUT2D eigenvalue weighted by atomic mass is 16.5. The van der Waals surface area contributed by atoms with Crippen molar-refractivity contribution in [3.8, 4) is 22.5 Å². The minimum atomic E-state index is -0.217. The minimum absolute atomic E-state index is 0.0402. The first-order chi connectivity index (χ1) is 13.6. The maximum atomic E-state index is 12.9. The number of pyridine rings is 1. The molecule has 1 fully saturated rings. The summed E-state index contributed by atoms with van der Waals surface area (Å²) in [5.74, 6) is 0.0402. The topological polar surface area (TPSA) is 67.0 Å². The normalized spacial score (nSPS) is 18.7. The van der Waals surface area contributed by atoms with Gasteiger partial charge in [-0.15, -0.1) is 0 Å². The maximum absolute atomic E-state index is 12.9. The van der Waals surface area contributed by atoms with Crippen LogP contribution in [0.1, 0.15) is 32.7 Å². The number of aromatic amines is 1. The lowest BCUT2D eigenvalue weighted by atomic mass is 9.83. The van der Waals surface area contributed by atoms with E-state index >= 15 is 0 Å². The summed E-state index contributed by atoms with van der Waals surface area (Å²) in [7, 11) is 0. The fraction of sp³-hybridized carbons (Fsp3) is 0.304. The van der Waals surface area contributed by atoms with E-state index in [2.05, 4.69) is 47.6 Å². The Balaban J connectivity index is 1.48. The van der Waals surface area contributed by atoms with Crippen molar-refractivity contribution >= 4 is 5.91 Å². The van der Waals surface area contributed by atoms with Crippen LogP contribution >= 0.6 is 0 Å². The van der Waals surface area contributed by atoms with Crippen LogP contribution < -0.4 is 5.32 Å². The zero-order chi connectivity index (χ0) is 18.9. The first-order valence-corrected chi connectivity index (χ1v) is 9.82. The zero-order valence-corrected chi connectivity index (χ0v) is 15.8. The number of carbonyl (C=O) groups excluding carboxylic acids is 1. The van der Waals surface area contributed by atoms with Crippen LogP contribution in [-0.2, 0) is 24.0 Å². The van der Waals surface area contributed by atoms with Crippen LogP contribution in [0.5, 0.6) is 0 Å².